The minimum Gasteiger partial charge on any atom is -0.489 e. The fraction of sp³-hybridized carbons (Fsp3) is 0.480. The molecular weight excluding hydrogens is 471 g/mol. The number of hydrogen-bond donors (Lipinski definition) is 1. The van der Waals surface area contributed by atoms with Gasteiger partial charge in [0, 0.05) is 20.0 Å². The number of Topliss-reactive ketones (excluding diaryl/α,β-unsaturated/α-hetero) is 1. The fourth-order valence-corrected chi connectivity index (χ4v) is 3.96. The quantitative estimate of drug-likeness (QED) is 0.618. The Labute approximate surface area is 208 Å². The number of aromatic nitrogens is 2. The molecule has 3 rings (SSSR count). The van der Waals surface area contributed by atoms with Gasteiger partial charge in [-0.3, -0.25) is 23.9 Å². The summed E-state index contributed by atoms with van der Waals surface area (Å²) in [6, 6.07) is 4.91. The zero-order chi connectivity index (χ0) is 26.6. The maximum absolute atomic E-state index is 13.1. The van der Waals surface area contributed by atoms with E-state index >= 15 is 0 Å². The first-order valence-electron chi connectivity index (χ1n) is 11.6. The smallest absolute Gasteiger partial charge is 0.410 e. The lowest BCUT2D eigenvalue weighted by atomic mass is 10.1. The number of nitrogens with one attached hydrogen (secondary N) is 1. The number of amides is 2. The van der Waals surface area contributed by atoms with E-state index in [9.17, 15) is 23.6 Å². The molecule has 1 N–H and O–H groups in total. The molecule has 1 aromatic carbocycles. The molecule has 1 fully saturated rings. The highest BCUT2D eigenvalue weighted by atomic mass is 19.1. The van der Waals surface area contributed by atoms with E-state index in [1.807, 2.05) is 0 Å². The highest BCUT2D eigenvalue weighted by Crippen LogP contribution is 2.32. The van der Waals surface area contributed by atoms with Gasteiger partial charge in [-0.15, -0.1) is 0 Å². The van der Waals surface area contributed by atoms with Crippen molar-refractivity contribution in [2.45, 2.75) is 51.7 Å². The van der Waals surface area contributed by atoms with E-state index in [0.717, 1.165) is 0 Å². The van der Waals surface area contributed by atoms with E-state index in [0.29, 0.717) is 24.9 Å². The zero-order valence-electron chi connectivity index (χ0n) is 21.1. The van der Waals surface area contributed by atoms with Crippen molar-refractivity contribution in [2.24, 2.45) is 7.05 Å². The third-order valence-corrected chi connectivity index (χ3v) is 5.64. The van der Waals surface area contributed by atoms with Crippen LogP contribution in [0.25, 0.3) is 0 Å². The second-order valence-corrected chi connectivity index (χ2v) is 9.57. The summed E-state index contributed by atoms with van der Waals surface area (Å²) < 4.78 is 25.0. The topological polar surface area (TPSA) is 120 Å². The Morgan fingerprint density at radius 2 is 1.86 bits per heavy atom. The van der Waals surface area contributed by atoms with Gasteiger partial charge in [-0.05, 0) is 51.3 Å². The molecule has 0 bridgehead atoms. The summed E-state index contributed by atoms with van der Waals surface area (Å²) in [5.74, 6) is -1.55. The average Bonchev–Trinajstić information content (AvgIpc) is 3.29. The largest absolute Gasteiger partial charge is 0.489 e. The summed E-state index contributed by atoms with van der Waals surface area (Å²) >= 11 is 0. The van der Waals surface area contributed by atoms with Crippen LogP contribution in [0.1, 0.15) is 61.5 Å². The molecule has 0 aliphatic carbocycles. The number of carbonyl (C=O) groups is 3. The van der Waals surface area contributed by atoms with Crippen molar-refractivity contribution >= 4 is 17.8 Å². The molecule has 0 unspecified atom stereocenters. The van der Waals surface area contributed by atoms with Crippen LogP contribution in [0.15, 0.2) is 29.1 Å². The van der Waals surface area contributed by atoms with Crippen LogP contribution < -0.4 is 15.6 Å². The molecule has 10 nitrogen and oxygen atoms in total. The summed E-state index contributed by atoms with van der Waals surface area (Å²) in [6.45, 7) is 5.38. The number of rotatable bonds is 7. The van der Waals surface area contributed by atoms with Gasteiger partial charge in [0.25, 0.3) is 11.5 Å². The van der Waals surface area contributed by atoms with Crippen molar-refractivity contribution in [1.29, 1.82) is 0 Å². The van der Waals surface area contributed by atoms with Gasteiger partial charge >= 0.3 is 6.09 Å². The first-order valence-corrected chi connectivity index (χ1v) is 11.6. The van der Waals surface area contributed by atoms with E-state index in [4.69, 9.17) is 9.47 Å². The molecule has 11 heteroatoms. The zero-order valence-corrected chi connectivity index (χ0v) is 21.1. The third-order valence-electron chi connectivity index (χ3n) is 5.64. The standard InChI is InChI=1S/C25H31FN4O6/c1-25(2,3)36-24(34)30-12-6-7-18(30)21-28-19(20(35-5)23(33)29(21)4)22(32)27-14-17(31)13-15-8-10-16(26)11-9-15/h8-11,18H,6-7,12-14H2,1-5H3,(H,27,32)/t18-/m0/s1. The monoisotopic (exact) mass is 502 g/mol. The van der Waals surface area contributed by atoms with Gasteiger partial charge in [-0.25, -0.2) is 14.2 Å². The fourth-order valence-electron chi connectivity index (χ4n) is 3.96. The lowest BCUT2D eigenvalue weighted by Gasteiger charge is -2.29. The molecule has 1 aromatic heterocycles. The molecule has 2 aromatic rings. The summed E-state index contributed by atoms with van der Waals surface area (Å²) in [6.07, 6.45) is 0.668. The Morgan fingerprint density at radius 1 is 1.19 bits per heavy atom. The van der Waals surface area contributed by atoms with Crippen LogP contribution in [0, 0.1) is 5.82 Å². The summed E-state index contributed by atoms with van der Waals surface area (Å²) in [4.78, 5) is 56.9. The average molecular weight is 503 g/mol. The van der Waals surface area contributed by atoms with Crippen molar-refractivity contribution in [3.8, 4) is 5.75 Å². The maximum Gasteiger partial charge on any atom is 0.410 e. The van der Waals surface area contributed by atoms with Crippen LogP contribution in [0.3, 0.4) is 0 Å². The van der Waals surface area contributed by atoms with Gasteiger partial charge < -0.3 is 14.8 Å². The van der Waals surface area contributed by atoms with Crippen LogP contribution in [-0.2, 0) is 23.0 Å². The predicted octanol–water partition coefficient (Wildman–Crippen LogP) is 2.54. The van der Waals surface area contributed by atoms with Gasteiger partial charge in [0.15, 0.2) is 11.5 Å². The van der Waals surface area contributed by atoms with E-state index < -0.39 is 35.0 Å². The number of methoxy groups -OCH3 is 1. The van der Waals surface area contributed by atoms with Gasteiger partial charge in [0.2, 0.25) is 5.75 Å². The van der Waals surface area contributed by atoms with E-state index in [-0.39, 0.29) is 36.0 Å². The van der Waals surface area contributed by atoms with Crippen molar-refractivity contribution in [1.82, 2.24) is 19.8 Å². The number of benzene rings is 1. The summed E-state index contributed by atoms with van der Waals surface area (Å²) in [5, 5.41) is 2.48. The minimum atomic E-state index is -0.764. The molecular formula is C25H31FN4O6. The number of carbonyl (C=O) groups excluding carboxylic acids is 3. The van der Waals surface area contributed by atoms with Crippen LogP contribution in [-0.4, -0.2) is 58.0 Å². The number of likely N-dealkylation sites (tertiary alicyclic amines) is 1. The molecule has 0 spiro atoms. The van der Waals surface area contributed by atoms with Gasteiger partial charge in [0.05, 0.1) is 19.7 Å². The van der Waals surface area contributed by atoms with Crippen LogP contribution >= 0.6 is 0 Å². The van der Waals surface area contributed by atoms with Gasteiger partial charge in [-0.1, -0.05) is 12.1 Å². The molecule has 1 atom stereocenters. The summed E-state index contributed by atoms with van der Waals surface area (Å²) in [7, 11) is 2.74. The molecule has 1 aliphatic heterocycles. The summed E-state index contributed by atoms with van der Waals surface area (Å²) in [5.41, 5.74) is -0.970. The van der Waals surface area contributed by atoms with E-state index in [1.54, 1.807) is 20.8 Å². The second-order valence-electron chi connectivity index (χ2n) is 9.57. The van der Waals surface area contributed by atoms with Crippen LogP contribution in [0.4, 0.5) is 9.18 Å². The highest BCUT2D eigenvalue weighted by Gasteiger charge is 2.37. The normalized spacial score (nSPS) is 15.5. The van der Waals surface area contributed by atoms with Gasteiger partial charge in [-0.2, -0.15) is 0 Å². The Bertz CT molecular complexity index is 1200. The molecule has 1 aliphatic rings. The highest BCUT2D eigenvalue weighted by molar-refractivity contribution is 5.97. The molecule has 2 amide bonds. The van der Waals surface area contributed by atoms with E-state index in [2.05, 4.69) is 10.3 Å². The molecule has 1 saturated heterocycles. The van der Waals surface area contributed by atoms with E-state index in [1.165, 1.54) is 47.9 Å². The number of ether oxygens (including phenoxy) is 2. The molecule has 0 radical (unpaired) electrons. The minimum absolute atomic E-state index is 0.000148. The number of hydrogen-bond acceptors (Lipinski definition) is 7. The van der Waals surface area contributed by atoms with Gasteiger partial charge in [0.1, 0.15) is 17.2 Å². The Balaban J connectivity index is 1.82. The molecule has 2 heterocycles. The van der Waals surface area contributed by atoms with Crippen LogP contribution in [0.5, 0.6) is 5.75 Å². The number of nitrogens with zero attached hydrogens (tertiary/aromatic N) is 3. The molecule has 0 saturated carbocycles. The SMILES string of the molecule is COc1c(C(=O)NCC(=O)Cc2ccc(F)cc2)nc([C@@H]2CCCN2C(=O)OC(C)(C)C)n(C)c1=O. The number of halogens is 1. The third kappa shape index (κ3) is 6.27. The van der Waals surface area contributed by atoms with Crippen molar-refractivity contribution in [3.05, 3.63) is 57.5 Å². The predicted molar refractivity (Wildman–Crippen MR) is 128 cm³/mol. The number of ketones is 1. The van der Waals surface area contributed by atoms with Crippen molar-refractivity contribution in [2.75, 3.05) is 20.2 Å². The lowest BCUT2D eigenvalue weighted by molar-refractivity contribution is -0.117. The van der Waals surface area contributed by atoms with Crippen molar-refractivity contribution < 1.29 is 28.2 Å². The first kappa shape index (κ1) is 26.8. The lowest BCUT2D eigenvalue weighted by Crippen LogP contribution is -2.40. The maximum atomic E-state index is 13.1. The Hall–Kier alpha value is -3.76. The molecule has 36 heavy (non-hydrogen) atoms. The Kier molecular flexibility index (Phi) is 8.11. The van der Waals surface area contributed by atoms with Crippen LogP contribution in [0.2, 0.25) is 0 Å². The molecule has 194 valence electrons. The van der Waals surface area contributed by atoms with Crippen molar-refractivity contribution in [3.63, 3.8) is 0 Å². The Morgan fingerprint density at radius 3 is 2.47 bits per heavy atom. The second kappa shape index (κ2) is 10.9. The first-order chi connectivity index (χ1) is 16.9.